The fourth-order valence-corrected chi connectivity index (χ4v) is 2.78. The molecule has 1 atom stereocenters. The number of rotatable bonds is 6. The van der Waals surface area contributed by atoms with Crippen molar-refractivity contribution in [3.63, 3.8) is 0 Å². The number of nitrogens with one attached hydrogen (secondary N) is 3. The summed E-state index contributed by atoms with van der Waals surface area (Å²) < 4.78 is 10.3. The van der Waals surface area contributed by atoms with Crippen LogP contribution in [0.15, 0.2) is 42.5 Å². The van der Waals surface area contributed by atoms with Gasteiger partial charge in [0.05, 0.1) is 31.5 Å². The lowest BCUT2D eigenvalue weighted by molar-refractivity contribution is -0.123. The first-order chi connectivity index (χ1) is 13.0. The van der Waals surface area contributed by atoms with Crippen LogP contribution >= 0.6 is 0 Å². The number of benzene rings is 2. The van der Waals surface area contributed by atoms with Crippen LogP contribution in [0.1, 0.15) is 28.9 Å². The minimum atomic E-state index is -0.293. The monoisotopic (exact) mass is 370 g/mol. The first-order valence-corrected chi connectivity index (χ1v) is 8.46. The molecule has 2 aromatic carbocycles. The van der Waals surface area contributed by atoms with Crippen LogP contribution in [-0.4, -0.2) is 37.6 Å². The summed E-state index contributed by atoms with van der Waals surface area (Å²) in [5.74, 6) is 0.814. The van der Waals surface area contributed by atoms with Gasteiger partial charge in [0.2, 0.25) is 5.91 Å². The maximum atomic E-state index is 12.6. The third kappa shape index (κ3) is 4.12. The fraction of sp³-hybridized carbons (Fsp3) is 0.263. The Hall–Kier alpha value is -3.26. The van der Waals surface area contributed by atoms with Gasteiger partial charge in [0.25, 0.3) is 5.91 Å². The van der Waals surface area contributed by atoms with E-state index in [1.165, 1.54) is 5.01 Å². The number of nitrogens with zero attached hydrogens (tertiary/aromatic N) is 1. The van der Waals surface area contributed by atoms with E-state index in [2.05, 4.69) is 16.3 Å². The van der Waals surface area contributed by atoms with Gasteiger partial charge in [0, 0.05) is 6.07 Å². The minimum Gasteiger partial charge on any atom is -0.497 e. The molecular weight excluding hydrogens is 348 g/mol. The number of hydrazine groups is 2. The number of amides is 2. The number of hydrogen-bond acceptors (Lipinski definition) is 6. The minimum absolute atomic E-state index is 0.127. The summed E-state index contributed by atoms with van der Waals surface area (Å²) in [6.07, 6.45) is 0. The topological polar surface area (TPSA) is 91.9 Å². The zero-order valence-corrected chi connectivity index (χ0v) is 15.4. The van der Waals surface area contributed by atoms with Crippen LogP contribution < -0.4 is 25.8 Å². The Kier molecular flexibility index (Phi) is 5.46. The van der Waals surface area contributed by atoms with Gasteiger partial charge in [-0.05, 0) is 36.8 Å². The molecule has 1 heterocycles. The molecular formula is C19H22N4O4. The Bertz CT molecular complexity index is 838. The predicted molar refractivity (Wildman–Crippen MR) is 100 cm³/mol. The van der Waals surface area contributed by atoms with Crippen molar-refractivity contribution >= 4 is 17.5 Å². The first kappa shape index (κ1) is 18.5. The van der Waals surface area contributed by atoms with Crippen molar-refractivity contribution in [2.45, 2.75) is 13.0 Å². The molecule has 0 aliphatic carbocycles. The van der Waals surface area contributed by atoms with Crippen LogP contribution in [-0.2, 0) is 4.79 Å². The van der Waals surface area contributed by atoms with Crippen LogP contribution in [0.2, 0.25) is 0 Å². The van der Waals surface area contributed by atoms with E-state index < -0.39 is 0 Å². The average Bonchev–Trinajstić information content (AvgIpc) is 2.69. The van der Waals surface area contributed by atoms with Gasteiger partial charge in [0.15, 0.2) is 0 Å². The van der Waals surface area contributed by atoms with Crippen LogP contribution in [0.3, 0.4) is 0 Å². The summed E-state index contributed by atoms with van der Waals surface area (Å²) >= 11 is 0. The Morgan fingerprint density at radius 3 is 2.44 bits per heavy atom. The molecule has 8 heteroatoms. The van der Waals surface area contributed by atoms with Gasteiger partial charge in [-0.15, -0.1) is 5.53 Å². The SMILES string of the molecule is COc1ccc([C@H](C)NC(=O)CN2NNc3cc(OC)ccc3C2=O)cc1. The van der Waals surface area contributed by atoms with Crippen LogP contribution in [0, 0.1) is 0 Å². The van der Waals surface area contributed by atoms with Gasteiger partial charge in [-0.25, -0.2) is 5.01 Å². The second-order valence-electron chi connectivity index (χ2n) is 6.10. The number of hydrogen-bond donors (Lipinski definition) is 3. The number of carbonyl (C=O) groups is 2. The lowest BCUT2D eigenvalue weighted by Gasteiger charge is -2.30. The zero-order chi connectivity index (χ0) is 19.4. The van der Waals surface area contributed by atoms with Crippen molar-refractivity contribution < 1.29 is 19.1 Å². The Balaban J connectivity index is 1.61. The highest BCUT2D eigenvalue weighted by molar-refractivity contribution is 6.02. The lowest BCUT2D eigenvalue weighted by Crippen LogP contribution is -2.53. The van der Waals surface area contributed by atoms with E-state index in [0.29, 0.717) is 17.0 Å². The van der Waals surface area contributed by atoms with Crippen molar-refractivity contribution in [1.82, 2.24) is 15.9 Å². The molecule has 3 rings (SSSR count). The second-order valence-corrected chi connectivity index (χ2v) is 6.10. The molecule has 0 aromatic heterocycles. The summed E-state index contributed by atoms with van der Waals surface area (Å²) in [5, 5.41) is 4.11. The number of fused-ring (bicyclic) bond motifs is 1. The highest BCUT2D eigenvalue weighted by Gasteiger charge is 2.26. The molecule has 0 radical (unpaired) electrons. The van der Waals surface area contributed by atoms with E-state index in [0.717, 1.165) is 11.3 Å². The first-order valence-electron chi connectivity index (χ1n) is 8.46. The van der Waals surface area contributed by atoms with Gasteiger partial charge >= 0.3 is 0 Å². The van der Waals surface area contributed by atoms with Crippen molar-refractivity contribution in [3.8, 4) is 11.5 Å². The molecule has 1 aliphatic rings. The maximum absolute atomic E-state index is 12.6. The molecule has 0 unspecified atom stereocenters. The van der Waals surface area contributed by atoms with E-state index in [9.17, 15) is 9.59 Å². The zero-order valence-electron chi connectivity index (χ0n) is 15.4. The van der Waals surface area contributed by atoms with E-state index in [-0.39, 0.29) is 24.4 Å². The molecule has 2 aromatic rings. The van der Waals surface area contributed by atoms with Crippen LogP contribution in [0.4, 0.5) is 5.69 Å². The number of carbonyl (C=O) groups excluding carboxylic acids is 2. The second kappa shape index (κ2) is 7.96. The van der Waals surface area contributed by atoms with E-state index >= 15 is 0 Å². The summed E-state index contributed by atoms with van der Waals surface area (Å²) in [7, 11) is 3.16. The van der Waals surface area contributed by atoms with Gasteiger partial charge < -0.3 is 20.2 Å². The predicted octanol–water partition coefficient (Wildman–Crippen LogP) is 1.87. The summed E-state index contributed by atoms with van der Waals surface area (Å²) in [4.78, 5) is 24.9. The van der Waals surface area contributed by atoms with Gasteiger partial charge in [-0.3, -0.25) is 9.59 Å². The molecule has 0 spiro atoms. The standard InChI is InChI=1S/C19H22N4O4/c1-12(13-4-6-14(26-2)7-5-13)20-18(24)11-23-19(25)16-9-8-15(27-3)10-17(16)21-22-23/h4-10,12,21-22H,11H2,1-3H3,(H,20,24)/t12-/m0/s1. The maximum Gasteiger partial charge on any atom is 0.272 e. The molecule has 3 N–H and O–H groups in total. The van der Waals surface area contributed by atoms with E-state index in [1.807, 2.05) is 31.2 Å². The average molecular weight is 370 g/mol. The lowest BCUT2D eigenvalue weighted by atomic mass is 10.1. The van der Waals surface area contributed by atoms with Gasteiger partial charge in [-0.2, -0.15) is 0 Å². The van der Waals surface area contributed by atoms with Crippen LogP contribution in [0.25, 0.3) is 0 Å². The number of methoxy groups -OCH3 is 2. The summed E-state index contributed by atoms with van der Waals surface area (Å²) in [5.41, 5.74) is 7.64. The van der Waals surface area contributed by atoms with Crippen molar-refractivity contribution in [3.05, 3.63) is 53.6 Å². The quantitative estimate of drug-likeness (QED) is 0.719. The third-order valence-electron chi connectivity index (χ3n) is 4.32. The molecule has 27 heavy (non-hydrogen) atoms. The molecule has 0 saturated heterocycles. The Morgan fingerprint density at radius 1 is 1.11 bits per heavy atom. The molecule has 142 valence electrons. The van der Waals surface area contributed by atoms with Crippen LogP contribution in [0.5, 0.6) is 11.5 Å². The molecule has 8 nitrogen and oxygen atoms in total. The smallest absolute Gasteiger partial charge is 0.272 e. The van der Waals surface area contributed by atoms with Crippen molar-refractivity contribution in [1.29, 1.82) is 0 Å². The number of anilines is 1. The highest BCUT2D eigenvalue weighted by Crippen LogP contribution is 2.25. The highest BCUT2D eigenvalue weighted by atomic mass is 16.5. The molecule has 0 saturated carbocycles. The van der Waals surface area contributed by atoms with Crippen molar-refractivity contribution in [2.24, 2.45) is 0 Å². The van der Waals surface area contributed by atoms with E-state index in [4.69, 9.17) is 9.47 Å². The molecule has 1 aliphatic heterocycles. The molecule has 0 fully saturated rings. The summed E-state index contributed by atoms with van der Waals surface area (Å²) in [6.45, 7) is 1.75. The third-order valence-corrected chi connectivity index (χ3v) is 4.32. The van der Waals surface area contributed by atoms with Gasteiger partial charge in [-0.1, -0.05) is 12.1 Å². The molecule has 0 bridgehead atoms. The van der Waals surface area contributed by atoms with E-state index in [1.54, 1.807) is 32.4 Å². The normalized spacial score (nSPS) is 14.0. The Labute approximate surface area is 157 Å². The fourth-order valence-electron chi connectivity index (χ4n) is 2.78. The molecule has 2 amide bonds. The van der Waals surface area contributed by atoms with Crippen molar-refractivity contribution in [2.75, 3.05) is 26.2 Å². The largest absolute Gasteiger partial charge is 0.497 e. The Morgan fingerprint density at radius 2 is 1.78 bits per heavy atom. The number of ether oxygens (including phenoxy) is 2. The van der Waals surface area contributed by atoms with Gasteiger partial charge in [0.1, 0.15) is 18.0 Å². The summed E-state index contributed by atoms with van der Waals surface area (Å²) in [6, 6.07) is 12.3.